The smallest absolute Gasteiger partial charge is 0.227 e. The van der Waals surface area contributed by atoms with Crippen LogP contribution in [0.25, 0.3) is 11.3 Å². The second kappa shape index (κ2) is 10.1. The van der Waals surface area contributed by atoms with E-state index in [1.807, 2.05) is 35.2 Å². The fourth-order valence-corrected chi connectivity index (χ4v) is 3.59. The molecule has 2 aromatic heterocycles. The van der Waals surface area contributed by atoms with E-state index in [0.717, 1.165) is 54.6 Å². The predicted octanol–water partition coefficient (Wildman–Crippen LogP) is 2.32. The van der Waals surface area contributed by atoms with Crippen LogP contribution in [0.1, 0.15) is 6.92 Å². The number of rotatable bonds is 7. The number of benzene rings is 1. The summed E-state index contributed by atoms with van der Waals surface area (Å²) in [6.07, 6.45) is 3.51. The lowest BCUT2D eigenvalue weighted by molar-refractivity contribution is -0.129. The van der Waals surface area contributed by atoms with Gasteiger partial charge in [0.15, 0.2) is 0 Å². The van der Waals surface area contributed by atoms with E-state index >= 15 is 0 Å². The van der Waals surface area contributed by atoms with Crippen LogP contribution in [0.4, 0.5) is 23.1 Å². The first-order valence-electron chi connectivity index (χ1n) is 10.7. The minimum atomic E-state index is 0.140. The molecule has 3 aromatic rings. The lowest BCUT2D eigenvalue weighted by Gasteiger charge is -2.35. The number of carbonyl (C=O) groups excluding carboxylic acids is 1. The van der Waals surface area contributed by atoms with Crippen molar-refractivity contribution in [1.29, 1.82) is 0 Å². The molecule has 0 bridgehead atoms. The number of nitrogens with two attached hydrogens (primary N) is 1. The van der Waals surface area contributed by atoms with E-state index in [1.54, 1.807) is 19.3 Å². The van der Waals surface area contributed by atoms with E-state index in [1.165, 1.54) is 0 Å². The third-order valence-electron chi connectivity index (χ3n) is 5.38. The summed E-state index contributed by atoms with van der Waals surface area (Å²) in [7, 11) is 0. The van der Waals surface area contributed by atoms with Crippen molar-refractivity contribution in [3.63, 3.8) is 0 Å². The maximum absolute atomic E-state index is 11.5. The molecule has 4 N–H and O–H groups in total. The topological polar surface area (TPSA) is 112 Å². The molecule has 1 amide bonds. The van der Waals surface area contributed by atoms with Crippen molar-refractivity contribution < 1.29 is 4.79 Å². The molecule has 9 nitrogen and oxygen atoms in total. The van der Waals surface area contributed by atoms with E-state index in [-0.39, 0.29) is 5.91 Å². The zero-order valence-electron chi connectivity index (χ0n) is 18.2. The molecule has 4 rings (SSSR count). The molecule has 0 unspecified atom stereocenters. The molecule has 0 aliphatic carbocycles. The van der Waals surface area contributed by atoms with Gasteiger partial charge in [0.05, 0.1) is 5.69 Å². The Bertz CT molecular complexity index is 1030. The number of hydrogen-bond donors (Lipinski definition) is 3. The van der Waals surface area contributed by atoms with E-state index in [9.17, 15) is 4.79 Å². The van der Waals surface area contributed by atoms with E-state index in [0.29, 0.717) is 19.0 Å². The first-order chi connectivity index (χ1) is 15.6. The lowest BCUT2D eigenvalue weighted by atomic mass is 10.2. The maximum atomic E-state index is 11.5. The van der Waals surface area contributed by atoms with Crippen LogP contribution in [-0.4, -0.2) is 65.0 Å². The summed E-state index contributed by atoms with van der Waals surface area (Å²) < 4.78 is 0. The van der Waals surface area contributed by atoms with Gasteiger partial charge in [0.25, 0.3) is 0 Å². The van der Waals surface area contributed by atoms with Crippen molar-refractivity contribution in [3.05, 3.63) is 54.9 Å². The van der Waals surface area contributed by atoms with Gasteiger partial charge in [-0.3, -0.25) is 4.79 Å². The van der Waals surface area contributed by atoms with Crippen molar-refractivity contribution in [1.82, 2.24) is 19.9 Å². The quantitative estimate of drug-likeness (QED) is 0.521. The summed E-state index contributed by atoms with van der Waals surface area (Å²) in [5, 5.41) is 6.42. The third-order valence-corrected chi connectivity index (χ3v) is 5.38. The summed E-state index contributed by atoms with van der Waals surface area (Å²) in [6, 6.07) is 13.9. The highest BCUT2D eigenvalue weighted by molar-refractivity contribution is 5.73. The normalized spacial score (nSPS) is 13.7. The number of aromatic nitrogens is 3. The number of pyridine rings is 1. The van der Waals surface area contributed by atoms with E-state index in [4.69, 9.17) is 5.73 Å². The van der Waals surface area contributed by atoms with Gasteiger partial charge in [-0.2, -0.15) is 0 Å². The molecule has 1 aliphatic rings. The van der Waals surface area contributed by atoms with Crippen molar-refractivity contribution in [3.8, 4) is 11.3 Å². The van der Waals surface area contributed by atoms with Crippen molar-refractivity contribution >= 4 is 29.0 Å². The minimum Gasteiger partial charge on any atom is -0.369 e. The summed E-state index contributed by atoms with van der Waals surface area (Å²) in [6.45, 7) is 6.06. The Labute approximate surface area is 187 Å². The van der Waals surface area contributed by atoms with Crippen molar-refractivity contribution in [2.24, 2.45) is 5.73 Å². The van der Waals surface area contributed by atoms with Crippen LogP contribution in [0.2, 0.25) is 0 Å². The zero-order chi connectivity index (χ0) is 22.3. The average molecular weight is 433 g/mol. The lowest BCUT2D eigenvalue weighted by Crippen LogP contribution is -2.48. The molecule has 32 heavy (non-hydrogen) atoms. The van der Waals surface area contributed by atoms with Gasteiger partial charge >= 0.3 is 0 Å². The Balaban J connectivity index is 1.39. The maximum Gasteiger partial charge on any atom is 0.227 e. The standard InChI is InChI=1S/C23H28N8O/c1-17(32)30-12-14-31(15-13-30)20-5-3-19(4-6-20)28-23-26-10-8-21(29-23)18-2-7-22(27-16-18)25-11-9-24/h2-8,10,16H,9,11-15,24H2,1H3,(H,25,27)(H,26,28,29). The summed E-state index contributed by atoms with van der Waals surface area (Å²) in [5.74, 6) is 1.45. The molecule has 1 saturated heterocycles. The monoisotopic (exact) mass is 432 g/mol. The highest BCUT2D eigenvalue weighted by Crippen LogP contribution is 2.23. The van der Waals surface area contributed by atoms with Gasteiger partial charge < -0.3 is 26.2 Å². The van der Waals surface area contributed by atoms with Crippen LogP contribution >= 0.6 is 0 Å². The molecule has 0 spiro atoms. The van der Waals surface area contributed by atoms with Crippen molar-refractivity contribution in [2.45, 2.75) is 6.92 Å². The summed E-state index contributed by atoms with van der Waals surface area (Å²) in [5.41, 5.74) is 9.26. The third kappa shape index (κ3) is 5.30. The molecule has 0 radical (unpaired) electrons. The number of nitrogens with one attached hydrogen (secondary N) is 2. The second-order valence-corrected chi connectivity index (χ2v) is 7.58. The zero-order valence-corrected chi connectivity index (χ0v) is 18.2. The van der Waals surface area contributed by atoms with Crippen LogP contribution in [0.15, 0.2) is 54.9 Å². The number of piperazine rings is 1. The molecule has 3 heterocycles. The first-order valence-corrected chi connectivity index (χ1v) is 10.7. The molecular formula is C23H28N8O. The average Bonchev–Trinajstić information content (AvgIpc) is 2.84. The van der Waals surface area contributed by atoms with Crippen LogP contribution in [0, 0.1) is 0 Å². The van der Waals surface area contributed by atoms with Crippen molar-refractivity contribution in [2.75, 3.05) is 54.8 Å². The largest absolute Gasteiger partial charge is 0.369 e. The highest BCUT2D eigenvalue weighted by atomic mass is 16.2. The summed E-state index contributed by atoms with van der Waals surface area (Å²) in [4.78, 5) is 29.0. The van der Waals surface area contributed by atoms with Gasteiger partial charge in [-0.25, -0.2) is 15.0 Å². The molecule has 166 valence electrons. The Morgan fingerprint density at radius 1 is 1.03 bits per heavy atom. The summed E-state index contributed by atoms with van der Waals surface area (Å²) >= 11 is 0. The van der Waals surface area contributed by atoms with Crippen LogP contribution in [-0.2, 0) is 4.79 Å². The Hall–Kier alpha value is -3.72. The predicted molar refractivity (Wildman–Crippen MR) is 127 cm³/mol. The molecular weight excluding hydrogens is 404 g/mol. The second-order valence-electron chi connectivity index (χ2n) is 7.58. The molecule has 0 atom stereocenters. The molecule has 1 aliphatic heterocycles. The van der Waals surface area contributed by atoms with Crippen LogP contribution in [0.3, 0.4) is 0 Å². The van der Waals surface area contributed by atoms with Gasteiger partial charge in [-0.05, 0) is 42.5 Å². The van der Waals surface area contributed by atoms with Gasteiger partial charge in [-0.15, -0.1) is 0 Å². The number of nitrogens with zero attached hydrogens (tertiary/aromatic N) is 5. The van der Waals surface area contributed by atoms with Crippen LogP contribution < -0.4 is 21.3 Å². The fourth-order valence-electron chi connectivity index (χ4n) is 3.59. The van der Waals surface area contributed by atoms with Gasteiger partial charge in [0.1, 0.15) is 5.82 Å². The Morgan fingerprint density at radius 2 is 1.81 bits per heavy atom. The van der Waals surface area contributed by atoms with E-state index in [2.05, 4.69) is 42.6 Å². The van der Waals surface area contributed by atoms with Gasteiger partial charge in [0.2, 0.25) is 11.9 Å². The Morgan fingerprint density at radius 3 is 2.47 bits per heavy atom. The van der Waals surface area contributed by atoms with Gasteiger partial charge in [-0.1, -0.05) is 0 Å². The highest BCUT2D eigenvalue weighted by Gasteiger charge is 2.18. The number of carbonyl (C=O) groups is 1. The molecule has 9 heteroatoms. The van der Waals surface area contributed by atoms with Gasteiger partial charge in [0, 0.05) is 75.5 Å². The first kappa shape index (κ1) is 21.5. The Kier molecular flexibility index (Phi) is 6.76. The van der Waals surface area contributed by atoms with E-state index < -0.39 is 0 Å². The molecule has 1 fully saturated rings. The number of hydrogen-bond acceptors (Lipinski definition) is 8. The SMILES string of the molecule is CC(=O)N1CCN(c2ccc(Nc3nccc(-c4ccc(NCCN)nc4)n3)cc2)CC1. The minimum absolute atomic E-state index is 0.140. The number of amides is 1. The molecule has 0 saturated carbocycles. The fraction of sp³-hybridized carbons (Fsp3) is 0.304. The number of anilines is 4. The molecule has 1 aromatic carbocycles. The van der Waals surface area contributed by atoms with Crippen LogP contribution in [0.5, 0.6) is 0 Å².